The number of Topliss-reactive ketones (excluding diaryl/α,β-unsaturated/α-hetero) is 1. The summed E-state index contributed by atoms with van der Waals surface area (Å²) in [6, 6.07) is 0. The predicted molar refractivity (Wildman–Crippen MR) is 170 cm³/mol. The summed E-state index contributed by atoms with van der Waals surface area (Å²) >= 11 is 0. The average Bonchev–Trinajstić information content (AvgIpc) is 3.71. The quantitative estimate of drug-likeness (QED) is 0.341. The van der Waals surface area contributed by atoms with Crippen molar-refractivity contribution in [3.8, 4) is 0 Å². The molecule has 0 aliphatic heterocycles. The summed E-state index contributed by atoms with van der Waals surface area (Å²) in [4.78, 5) is 50.4. The zero-order valence-corrected chi connectivity index (χ0v) is 28.3. The molecule has 244 valence electrons. The molecule has 0 radical (unpaired) electrons. The van der Waals surface area contributed by atoms with Crippen molar-refractivity contribution in [3.63, 3.8) is 0 Å². The molecule has 45 heavy (non-hydrogen) atoms. The fourth-order valence-electron chi connectivity index (χ4n) is 12.5. The first-order valence-corrected chi connectivity index (χ1v) is 17.3. The number of hydrogen-bond donors (Lipinski definition) is 0. The number of nitrogens with zero attached hydrogens (tertiary/aromatic N) is 4. The number of fused-ring (bicyclic) bond motifs is 7. The highest BCUT2D eigenvalue weighted by Crippen LogP contribution is 2.76. The Kier molecular flexibility index (Phi) is 6.77. The number of carbonyl (C=O) groups excluding carboxylic acids is 3. The smallest absolute Gasteiger partial charge is 0.419 e. The third-order valence-electron chi connectivity index (χ3n) is 15.1. The van der Waals surface area contributed by atoms with Crippen LogP contribution in [0.15, 0.2) is 37.4 Å². The van der Waals surface area contributed by atoms with Gasteiger partial charge in [-0.2, -0.15) is 0 Å². The lowest BCUT2D eigenvalue weighted by Crippen LogP contribution is -2.70. The van der Waals surface area contributed by atoms with E-state index in [2.05, 4.69) is 58.4 Å². The van der Waals surface area contributed by atoms with Crippen molar-refractivity contribution in [2.24, 2.45) is 56.2 Å². The maximum atomic E-state index is 14.9. The normalized spacial score (nSPS) is 43.3. The third-order valence-corrected chi connectivity index (χ3v) is 15.1. The van der Waals surface area contributed by atoms with E-state index in [0.29, 0.717) is 18.1 Å². The molecule has 0 aromatic carbocycles. The maximum Gasteiger partial charge on any atom is 0.419 e. The molecule has 0 spiro atoms. The van der Waals surface area contributed by atoms with E-state index in [9.17, 15) is 14.4 Å². The minimum Gasteiger partial charge on any atom is -0.445 e. The summed E-state index contributed by atoms with van der Waals surface area (Å²) in [5, 5.41) is 0. The second-order valence-electron chi connectivity index (χ2n) is 17.7. The fourth-order valence-corrected chi connectivity index (χ4v) is 12.5. The molecule has 0 amide bonds. The van der Waals surface area contributed by atoms with Gasteiger partial charge in [-0.3, -0.25) is 14.2 Å². The summed E-state index contributed by atoms with van der Waals surface area (Å²) in [5.74, 6) is 1.06. The summed E-state index contributed by atoms with van der Waals surface area (Å²) in [5.41, 5.74) is -0.867. The lowest BCUT2D eigenvalue weighted by atomic mass is 9.31. The van der Waals surface area contributed by atoms with Crippen LogP contribution >= 0.6 is 0 Å². The summed E-state index contributed by atoms with van der Waals surface area (Å²) in [7, 11) is 0. The highest BCUT2D eigenvalue weighted by Gasteiger charge is 2.73. The largest absolute Gasteiger partial charge is 0.445 e. The van der Waals surface area contributed by atoms with Crippen LogP contribution in [-0.2, 0) is 9.53 Å². The summed E-state index contributed by atoms with van der Waals surface area (Å²) in [6.45, 7) is 16.6. The molecule has 7 rings (SSSR count). The van der Waals surface area contributed by atoms with Crippen molar-refractivity contribution in [2.75, 3.05) is 0 Å². The molecule has 2 heterocycles. The average molecular weight is 617 g/mol. The number of imidazole rings is 2. The lowest BCUT2D eigenvalue weighted by Gasteiger charge is -2.73. The highest BCUT2D eigenvalue weighted by molar-refractivity contribution is 5.89. The van der Waals surface area contributed by atoms with Crippen LogP contribution in [0, 0.1) is 56.2 Å². The van der Waals surface area contributed by atoms with Gasteiger partial charge in [0.1, 0.15) is 24.5 Å². The third kappa shape index (κ3) is 4.18. The molecule has 0 saturated heterocycles. The van der Waals surface area contributed by atoms with Crippen molar-refractivity contribution in [1.29, 1.82) is 0 Å². The van der Waals surface area contributed by atoms with E-state index >= 15 is 0 Å². The summed E-state index contributed by atoms with van der Waals surface area (Å²) < 4.78 is 9.26. The van der Waals surface area contributed by atoms with Crippen LogP contribution in [0.2, 0.25) is 0 Å². The number of rotatable bonds is 2. The lowest BCUT2D eigenvalue weighted by molar-refractivity contribution is -0.241. The minimum absolute atomic E-state index is 0.0148. The zero-order valence-electron chi connectivity index (χ0n) is 28.3. The first-order chi connectivity index (χ1) is 21.1. The Morgan fingerprint density at radius 3 is 2.13 bits per heavy atom. The first kappa shape index (κ1) is 30.9. The second kappa shape index (κ2) is 9.87. The van der Waals surface area contributed by atoms with Gasteiger partial charge in [-0.25, -0.2) is 19.3 Å². The van der Waals surface area contributed by atoms with E-state index < -0.39 is 5.41 Å². The molecule has 8 heteroatoms. The second-order valence-corrected chi connectivity index (χ2v) is 17.7. The molecule has 2 aromatic heterocycles. The Morgan fingerprint density at radius 2 is 1.47 bits per heavy atom. The zero-order chi connectivity index (χ0) is 32.2. The van der Waals surface area contributed by atoms with Gasteiger partial charge in [-0.15, -0.1) is 0 Å². The Morgan fingerprint density at radius 1 is 0.800 bits per heavy atom. The van der Waals surface area contributed by atoms with Crippen molar-refractivity contribution >= 4 is 17.8 Å². The minimum atomic E-state index is -0.514. The number of hydrogen-bond acceptors (Lipinski definition) is 6. The van der Waals surface area contributed by atoms with E-state index in [0.717, 1.165) is 57.8 Å². The Labute approximate surface area is 268 Å². The van der Waals surface area contributed by atoms with Gasteiger partial charge < -0.3 is 4.74 Å². The van der Waals surface area contributed by atoms with Gasteiger partial charge in [0, 0.05) is 42.5 Å². The highest BCUT2D eigenvalue weighted by atomic mass is 16.6. The molecule has 5 aliphatic carbocycles. The van der Waals surface area contributed by atoms with Crippen LogP contribution in [0.3, 0.4) is 0 Å². The van der Waals surface area contributed by atoms with Crippen molar-refractivity contribution in [2.45, 2.75) is 119 Å². The topological polar surface area (TPSA) is 96.1 Å². The van der Waals surface area contributed by atoms with Gasteiger partial charge in [0.2, 0.25) is 5.91 Å². The van der Waals surface area contributed by atoms with Crippen LogP contribution in [0.5, 0.6) is 0 Å². The first-order valence-electron chi connectivity index (χ1n) is 17.3. The van der Waals surface area contributed by atoms with Crippen molar-refractivity contribution in [3.05, 3.63) is 37.4 Å². The molecule has 0 unspecified atom stereocenters. The Balaban J connectivity index is 1.22. The van der Waals surface area contributed by atoms with Crippen LogP contribution < -0.4 is 0 Å². The molecule has 5 saturated carbocycles. The van der Waals surface area contributed by atoms with Crippen LogP contribution in [0.1, 0.15) is 117 Å². The molecule has 0 bridgehead atoms. The summed E-state index contributed by atoms with van der Waals surface area (Å²) in [6.07, 6.45) is 18.2. The fraction of sp³-hybridized carbons (Fsp3) is 0.757. The van der Waals surface area contributed by atoms with Gasteiger partial charge in [0.15, 0.2) is 0 Å². The molecule has 0 N–H and O–H groups in total. The number of ether oxygens (including phenoxy) is 1. The molecule has 5 aliphatic rings. The van der Waals surface area contributed by atoms with E-state index in [1.54, 1.807) is 35.7 Å². The predicted octanol–water partition coefficient (Wildman–Crippen LogP) is 7.83. The van der Waals surface area contributed by atoms with Crippen LogP contribution in [0.4, 0.5) is 4.79 Å². The number of ketones is 1. The molecule has 9 atom stereocenters. The molecule has 5 fully saturated rings. The van der Waals surface area contributed by atoms with E-state index in [4.69, 9.17) is 4.74 Å². The maximum absolute atomic E-state index is 14.9. The Bertz CT molecular complexity index is 1500. The number of carbonyl (C=O) groups is 3. The molecular formula is C37H52N4O4. The monoisotopic (exact) mass is 616 g/mol. The van der Waals surface area contributed by atoms with E-state index in [1.165, 1.54) is 10.9 Å². The van der Waals surface area contributed by atoms with E-state index in [-0.39, 0.29) is 62.9 Å². The van der Waals surface area contributed by atoms with Crippen molar-refractivity contribution < 1.29 is 19.1 Å². The van der Waals surface area contributed by atoms with Crippen LogP contribution in [-0.4, -0.2) is 43.0 Å². The SMILES string of the molecule is CC1(C)CC[C@]2(C(=O)n3ccnc3)CC[C@]3(C)[C@H](C(=O)C[C@@H]4[C@@]5(C)CC[C@H](OC(=O)n6ccnc6)C(C)(C)[C@@H]5CC[C@]43C)[C@@H]2C1. The molecule has 2 aromatic rings. The van der Waals surface area contributed by atoms with Gasteiger partial charge in [0.25, 0.3) is 0 Å². The van der Waals surface area contributed by atoms with Crippen molar-refractivity contribution in [1.82, 2.24) is 19.1 Å². The van der Waals surface area contributed by atoms with Gasteiger partial charge >= 0.3 is 6.09 Å². The molecule has 8 nitrogen and oxygen atoms in total. The van der Waals surface area contributed by atoms with Gasteiger partial charge in [-0.1, -0.05) is 48.5 Å². The van der Waals surface area contributed by atoms with Crippen LogP contribution in [0.25, 0.3) is 0 Å². The number of aromatic nitrogens is 4. The van der Waals surface area contributed by atoms with E-state index in [1.807, 2.05) is 0 Å². The standard InChI is InChI=1S/C37H52N4O4/c1-32(2)12-14-37(30(43)40-18-16-38-22-40)15-13-36(7)29(24(37)21-32)25(42)20-27-34(5)10-9-28(45-31(44)41-19-17-39-23-41)33(3,4)26(34)8-11-35(27,36)6/h16-19,22-24,26-29H,8-15,20-21H2,1-7H3/t24-,26-,27+,28-,29-,34-,35+,36+,37-/m0/s1. The molecular weight excluding hydrogens is 564 g/mol. The van der Waals surface area contributed by atoms with Gasteiger partial charge in [-0.05, 0) is 97.2 Å². The Hall–Kier alpha value is -2.77. The van der Waals surface area contributed by atoms with Gasteiger partial charge in [0.05, 0.1) is 5.41 Å².